The van der Waals surface area contributed by atoms with Gasteiger partial charge in [-0.2, -0.15) is 11.8 Å². The lowest BCUT2D eigenvalue weighted by atomic mass is 10.1. The first-order chi connectivity index (χ1) is 8.11. The molecule has 2 nitrogen and oxygen atoms in total. The molecule has 1 unspecified atom stereocenters. The average Bonchev–Trinajstić information content (AvgIpc) is 2.81. The van der Waals surface area contributed by atoms with Gasteiger partial charge in [-0.3, -0.25) is 0 Å². The molecule has 2 atom stereocenters. The average molecular weight is 255 g/mol. The fraction of sp³-hybridized carbons (Fsp3) is 0.538. The first-order valence-electron chi connectivity index (χ1n) is 5.88. The van der Waals surface area contributed by atoms with Crippen molar-refractivity contribution in [1.29, 1.82) is 0 Å². The molecule has 1 aromatic rings. The lowest BCUT2D eigenvalue weighted by Crippen LogP contribution is -2.33. The molecule has 1 saturated heterocycles. The first-order valence-corrected chi connectivity index (χ1v) is 7.03. The Balaban J connectivity index is 2.35. The Kier molecular flexibility index (Phi) is 3.94. The van der Waals surface area contributed by atoms with Gasteiger partial charge in [-0.15, -0.1) is 0 Å². The van der Waals surface area contributed by atoms with Gasteiger partial charge in [0.25, 0.3) is 0 Å². The molecule has 1 aliphatic heterocycles. The number of rotatable bonds is 3. The summed E-state index contributed by atoms with van der Waals surface area (Å²) in [6.45, 7) is 1.68. The Bertz CT molecular complexity index is 391. The first kappa shape index (κ1) is 12.7. The Hall–Kier alpha value is -0.740. The van der Waals surface area contributed by atoms with E-state index in [-0.39, 0.29) is 5.82 Å². The van der Waals surface area contributed by atoms with E-state index in [9.17, 15) is 9.50 Å². The lowest BCUT2D eigenvalue weighted by molar-refractivity contribution is 0.199. The van der Waals surface area contributed by atoms with E-state index in [2.05, 4.69) is 0 Å². The van der Waals surface area contributed by atoms with Crippen LogP contribution >= 0.6 is 11.8 Å². The number of hydrogen-bond acceptors (Lipinski definition) is 3. The van der Waals surface area contributed by atoms with Gasteiger partial charge in [-0.05, 0) is 25.2 Å². The summed E-state index contributed by atoms with van der Waals surface area (Å²) in [6.07, 6.45) is 0.437. The normalized spacial score (nSPS) is 21.5. The second kappa shape index (κ2) is 5.27. The minimum Gasteiger partial charge on any atom is -0.389 e. The van der Waals surface area contributed by atoms with Crippen molar-refractivity contribution in [3.8, 4) is 0 Å². The zero-order valence-electron chi connectivity index (χ0n) is 10.2. The Labute approximate surface area is 106 Å². The molecule has 0 radical (unpaired) electrons. The van der Waals surface area contributed by atoms with Gasteiger partial charge in [-0.25, -0.2) is 4.39 Å². The maximum atomic E-state index is 14.0. The van der Waals surface area contributed by atoms with Crippen LogP contribution in [0.2, 0.25) is 0 Å². The van der Waals surface area contributed by atoms with Crippen LogP contribution in [-0.4, -0.2) is 29.7 Å². The number of anilines is 1. The van der Waals surface area contributed by atoms with Crippen LogP contribution in [0.15, 0.2) is 18.2 Å². The summed E-state index contributed by atoms with van der Waals surface area (Å²) in [6, 6.07) is 5.27. The number of benzene rings is 1. The molecule has 0 aromatic heterocycles. The maximum Gasteiger partial charge on any atom is 0.146 e. The molecule has 0 saturated carbocycles. The van der Waals surface area contributed by atoms with Gasteiger partial charge in [0, 0.05) is 24.4 Å². The molecule has 17 heavy (non-hydrogen) atoms. The highest BCUT2D eigenvalue weighted by Gasteiger charge is 2.25. The molecule has 94 valence electrons. The van der Waals surface area contributed by atoms with Crippen molar-refractivity contribution in [2.45, 2.75) is 25.5 Å². The summed E-state index contributed by atoms with van der Waals surface area (Å²) in [5, 5.41) is 9.72. The van der Waals surface area contributed by atoms with Gasteiger partial charge >= 0.3 is 0 Å². The van der Waals surface area contributed by atoms with E-state index in [0.717, 1.165) is 17.9 Å². The molecule has 1 aromatic carbocycles. The topological polar surface area (TPSA) is 23.5 Å². The third kappa shape index (κ3) is 2.58. The van der Waals surface area contributed by atoms with E-state index >= 15 is 0 Å². The van der Waals surface area contributed by atoms with Crippen LogP contribution in [0.4, 0.5) is 10.1 Å². The van der Waals surface area contributed by atoms with Crippen molar-refractivity contribution in [2.24, 2.45) is 0 Å². The van der Waals surface area contributed by atoms with Crippen molar-refractivity contribution < 1.29 is 9.50 Å². The molecule has 4 heteroatoms. The summed E-state index contributed by atoms with van der Waals surface area (Å²) in [5.74, 6) is 1.92. The monoisotopic (exact) mass is 255 g/mol. The molecule has 2 rings (SSSR count). The predicted molar refractivity (Wildman–Crippen MR) is 71.2 cm³/mol. The molecule has 1 aliphatic rings. The summed E-state index contributed by atoms with van der Waals surface area (Å²) in [7, 11) is 1.92. The van der Waals surface area contributed by atoms with Gasteiger partial charge in [0.05, 0.1) is 11.8 Å². The molecule has 0 aliphatic carbocycles. The number of aliphatic hydroxyl groups excluding tert-OH is 1. The lowest BCUT2D eigenvalue weighted by Gasteiger charge is -2.29. The quantitative estimate of drug-likeness (QED) is 0.898. The van der Waals surface area contributed by atoms with E-state index in [1.54, 1.807) is 19.1 Å². The maximum absolute atomic E-state index is 14.0. The third-order valence-corrected chi connectivity index (χ3v) is 4.42. The zero-order valence-corrected chi connectivity index (χ0v) is 11.0. The fourth-order valence-electron chi connectivity index (χ4n) is 2.25. The van der Waals surface area contributed by atoms with Gasteiger partial charge in [0.1, 0.15) is 5.82 Å². The van der Waals surface area contributed by atoms with Gasteiger partial charge in [0.2, 0.25) is 0 Å². The van der Waals surface area contributed by atoms with Gasteiger partial charge < -0.3 is 10.0 Å². The summed E-state index contributed by atoms with van der Waals surface area (Å²) >= 11 is 1.90. The Morgan fingerprint density at radius 1 is 1.53 bits per heavy atom. The van der Waals surface area contributed by atoms with Crippen molar-refractivity contribution in [1.82, 2.24) is 0 Å². The number of thioether (sulfide) groups is 1. The second-order valence-electron chi connectivity index (χ2n) is 4.48. The van der Waals surface area contributed by atoms with Crippen molar-refractivity contribution >= 4 is 17.4 Å². The SMILES string of the molecule is C[C@@H](O)c1cccc(F)c1N(C)C1CCSC1. The van der Waals surface area contributed by atoms with Gasteiger partial charge in [0.15, 0.2) is 0 Å². The fourth-order valence-corrected chi connectivity index (χ4v) is 3.52. The van der Waals surface area contributed by atoms with Crippen molar-refractivity contribution in [2.75, 3.05) is 23.5 Å². The zero-order chi connectivity index (χ0) is 12.4. The summed E-state index contributed by atoms with van der Waals surface area (Å²) in [4.78, 5) is 1.98. The van der Waals surface area contributed by atoms with Crippen LogP contribution in [0.3, 0.4) is 0 Å². The van der Waals surface area contributed by atoms with Crippen LogP contribution in [0, 0.1) is 5.82 Å². The smallest absolute Gasteiger partial charge is 0.146 e. The van der Waals surface area contributed by atoms with Crippen LogP contribution < -0.4 is 4.90 Å². The molecular formula is C13H18FNOS. The third-order valence-electron chi connectivity index (χ3n) is 3.27. The number of para-hydroxylation sites is 1. The number of hydrogen-bond donors (Lipinski definition) is 1. The van der Waals surface area contributed by atoms with Crippen LogP contribution in [-0.2, 0) is 0 Å². The van der Waals surface area contributed by atoms with Gasteiger partial charge in [-0.1, -0.05) is 12.1 Å². The van der Waals surface area contributed by atoms with E-state index in [1.807, 2.05) is 23.7 Å². The molecular weight excluding hydrogens is 237 g/mol. The highest BCUT2D eigenvalue weighted by molar-refractivity contribution is 7.99. The summed E-state index contributed by atoms with van der Waals surface area (Å²) in [5.41, 5.74) is 1.22. The molecule has 0 amide bonds. The van der Waals surface area contributed by atoms with E-state index < -0.39 is 6.10 Å². The van der Waals surface area contributed by atoms with Crippen LogP contribution in [0.5, 0.6) is 0 Å². The van der Waals surface area contributed by atoms with Crippen molar-refractivity contribution in [3.63, 3.8) is 0 Å². The molecule has 0 spiro atoms. The van der Waals surface area contributed by atoms with Crippen molar-refractivity contribution in [3.05, 3.63) is 29.6 Å². The number of halogens is 1. The highest BCUT2D eigenvalue weighted by atomic mass is 32.2. The molecule has 1 fully saturated rings. The number of aliphatic hydroxyl groups is 1. The molecule has 1 N–H and O–H groups in total. The predicted octanol–water partition coefficient (Wildman–Crippen LogP) is 2.82. The molecule has 0 bridgehead atoms. The Morgan fingerprint density at radius 3 is 2.88 bits per heavy atom. The number of nitrogens with zero attached hydrogens (tertiary/aromatic N) is 1. The Morgan fingerprint density at radius 2 is 2.29 bits per heavy atom. The van der Waals surface area contributed by atoms with E-state index in [0.29, 0.717) is 17.3 Å². The highest BCUT2D eigenvalue weighted by Crippen LogP contribution is 2.33. The molecule has 1 heterocycles. The second-order valence-corrected chi connectivity index (χ2v) is 5.63. The van der Waals surface area contributed by atoms with E-state index in [1.165, 1.54) is 6.07 Å². The minimum absolute atomic E-state index is 0.247. The van der Waals surface area contributed by atoms with E-state index in [4.69, 9.17) is 0 Å². The standard InChI is InChI=1S/C13H18FNOS/c1-9(16)11-4-3-5-12(14)13(11)15(2)10-6-7-17-8-10/h3-5,9-10,16H,6-8H2,1-2H3/t9-,10?/m1/s1. The van der Waals surface area contributed by atoms with Crippen LogP contribution in [0.25, 0.3) is 0 Å². The van der Waals surface area contributed by atoms with Crippen LogP contribution in [0.1, 0.15) is 25.0 Å². The summed E-state index contributed by atoms with van der Waals surface area (Å²) < 4.78 is 14.0. The largest absolute Gasteiger partial charge is 0.389 e. The minimum atomic E-state index is -0.641.